The van der Waals surface area contributed by atoms with Gasteiger partial charge in [-0.1, -0.05) is 31.2 Å². The van der Waals surface area contributed by atoms with E-state index in [4.69, 9.17) is 0 Å². The van der Waals surface area contributed by atoms with Gasteiger partial charge in [-0.05, 0) is 38.2 Å². The molecule has 0 heterocycles. The lowest BCUT2D eigenvalue weighted by molar-refractivity contribution is -0.143. The predicted octanol–water partition coefficient (Wildman–Crippen LogP) is 2.55. The van der Waals surface area contributed by atoms with Crippen LogP contribution >= 0.6 is 0 Å². The average molecular weight is 272 g/mol. The second-order valence-corrected chi connectivity index (χ2v) is 6.35. The van der Waals surface area contributed by atoms with E-state index in [9.17, 15) is 14.7 Å². The predicted molar refractivity (Wildman–Crippen MR) is 75.6 cm³/mol. The van der Waals surface area contributed by atoms with Gasteiger partial charge in [-0.3, -0.25) is 9.59 Å². The molecule has 1 aromatic carbocycles. The standard InChI is InChI=1S/C17H20O3/c1-3-17(20)15(19)13-7-5-4-6-12(13)10-16(17,2)14(18)11-8-9-11/h4-7,11,20H,3,8-10H2,1-2H3/t16-,17+/m0/s1. The van der Waals surface area contributed by atoms with Crippen LogP contribution < -0.4 is 0 Å². The third-order valence-electron chi connectivity index (χ3n) is 5.10. The van der Waals surface area contributed by atoms with Crippen molar-refractivity contribution < 1.29 is 14.7 Å². The Morgan fingerprint density at radius 2 is 2.00 bits per heavy atom. The van der Waals surface area contributed by atoms with Gasteiger partial charge in [0.2, 0.25) is 0 Å². The molecule has 0 unspecified atom stereocenters. The highest BCUT2D eigenvalue weighted by Gasteiger charge is 2.60. The van der Waals surface area contributed by atoms with Gasteiger partial charge in [0.05, 0.1) is 5.41 Å². The molecule has 0 spiro atoms. The lowest BCUT2D eigenvalue weighted by Crippen LogP contribution is -2.60. The molecule has 2 aliphatic rings. The topological polar surface area (TPSA) is 54.4 Å². The quantitative estimate of drug-likeness (QED) is 0.920. The smallest absolute Gasteiger partial charge is 0.195 e. The molecule has 0 aromatic heterocycles. The van der Waals surface area contributed by atoms with Crippen LogP contribution in [0.25, 0.3) is 0 Å². The summed E-state index contributed by atoms with van der Waals surface area (Å²) in [7, 11) is 0. The summed E-state index contributed by atoms with van der Waals surface area (Å²) in [6.07, 6.45) is 2.51. The van der Waals surface area contributed by atoms with Gasteiger partial charge in [0, 0.05) is 11.5 Å². The van der Waals surface area contributed by atoms with Gasteiger partial charge in [-0.25, -0.2) is 0 Å². The van der Waals surface area contributed by atoms with E-state index >= 15 is 0 Å². The maximum Gasteiger partial charge on any atom is 0.195 e. The number of carbonyl (C=O) groups excluding carboxylic acids is 2. The van der Waals surface area contributed by atoms with E-state index in [1.807, 2.05) is 12.1 Å². The highest BCUT2D eigenvalue weighted by atomic mass is 16.3. The summed E-state index contributed by atoms with van der Waals surface area (Å²) in [4.78, 5) is 25.4. The average Bonchev–Trinajstić information content (AvgIpc) is 3.28. The largest absolute Gasteiger partial charge is 0.381 e. The third kappa shape index (κ3) is 1.62. The molecule has 1 N–H and O–H groups in total. The molecule has 3 nitrogen and oxygen atoms in total. The molecule has 2 atom stereocenters. The van der Waals surface area contributed by atoms with E-state index in [1.54, 1.807) is 26.0 Å². The summed E-state index contributed by atoms with van der Waals surface area (Å²) in [6, 6.07) is 7.32. The molecule has 20 heavy (non-hydrogen) atoms. The molecule has 2 aliphatic carbocycles. The highest BCUT2D eigenvalue weighted by molar-refractivity contribution is 6.10. The minimum Gasteiger partial charge on any atom is -0.381 e. The molecular weight excluding hydrogens is 252 g/mol. The molecule has 3 rings (SSSR count). The van der Waals surface area contributed by atoms with Crippen molar-refractivity contribution in [2.75, 3.05) is 0 Å². The number of Topliss-reactive ketones (excluding diaryl/α,β-unsaturated/α-hetero) is 2. The number of hydrogen-bond donors (Lipinski definition) is 1. The Morgan fingerprint density at radius 3 is 2.60 bits per heavy atom. The van der Waals surface area contributed by atoms with Crippen molar-refractivity contribution in [2.24, 2.45) is 11.3 Å². The number of carbonyl (C=O) groups is 2. The van der Waals surface area contributed by atoms with Crippen molar-refractivity contribution in [3.8, 4) is 0 Å². The Balaban J connectivity index is 2.15. The second kappa shape index (κ2) is 4.26. The molecule has 3 heteroatoms. The Labute approximate surface area is 119 Å². The van der Waals surface area contributed by atoms with Crippen LogP contribution in [0.4, 0.5) is 0 Å². The summed E-state index contributed by atoms with van der Waals surface area (Å²) in [5.41, 5.74) is -1.11. The third-order valence-corrected chi connectivity index (χ3v) is 5.10. The first-order valence-electron chi connectivity index (χ1n) is 7.33. The van der Waals surface area contributed by atoms with Crippen molar-refractivity contribution in [2.45, 2.75) is 45.1 Å². The van der Waals surface area contributed by atoms with Crippen LogP contribution in [0.3, 0.4) is 0 Å². The molecule has 0 aliphatic heterocycles. The van der Waals surface area contributed by atoms with Gasteiger partial charge in [-0.15, -0.1) is 0 Å². The zero-order valence-corrected chi connectivity index (χ0v) is 12.0. The first kappa shape index (κ1) is 13.5. The second-order valence-electron chi connectivity index (χ2n) is 6.35. The van der Waals surface area contributed by atoms with Crippen molar-refractivity contribution in [3.63, 3.8) is 0 Å². The van der Waals surface area contributed by atoms with Gasteiger partial charge in [0.1, 0.15) is 11.4 Å². The lowest BCUT2D eigenvalue weighted by Gasteiger charge is -2.46. The number of fused-ring (bicyclic) bond motifs is 1. The number of hydrogen-bond acceptors (Lipinski definition) is 3. The van der Waals surface area contributed by atoms with Crippen LogP contribution in [0.1, 0.15) is 49.0 Å². The van der Waals surface area contributed by atoms with Crippen LogP contribution in [0, 0.1) is 11.3 Å². The van der Waals surface area contributed by atoms with Crippen molar-refractivity contribution in [1.29, 1.82) is 0 Å². The highest BCUT2D eigenvalue weighted by Crippen LogP contribution is 2.49. The molecular formula is C17H20O3. The fraction of sp³-hybridized carbons (Fsp3) is 0.529. The SMILES string of the molecule is CC[C@@]1(O)C(=O)c2ccccc2C[C@@]1(C)C(=O)C1CC1. The first-order valence-corrected chi connectivity index (χ1v) is 7.33. The maximum atomic E-state index is 12.7. The molecule has 0 amide bonds. The fourth-order valence-corrected chi connectivity index (χ4v) is 3.53. The minimum atomic E-state index is -1.57. The lowest BCUT2D eigenvalue weighted by atomic mass is 9.58. The first-order chi connectivity index (χ1) is 9.44. The monoisotopic (exact) mass is 272 g/mol. The van der Waals surface area contributed by atoms with Crippen LogP contribution in [0.15, 0.2) is 24.3 Å². The summed E-state index contributed by atoms with van der Waals surface area (Å²) in [5.74, 6) is -0.195. The maximum absolute atomic E-state index is 12.7. The molecule has 0 radical (unpaired) electrons. The summed E-state index contributed by atoms with van der Waals surface area (Å²) < 4.78 is 0. The van der Waals surface area contributed by atoms with E-state index in [-0.39, 0.29) is 23.9 Å². The number of benzene rings is 1. The normalized spacial score (nSPS) is 32.9. The molecule has 0 bridgehead atoms. The zero-order chi connectivity index (χ0) is 14.5. The van der Waals surface area contributed by atoms with Gasteiger partial charge in [0.15, 0.2) is 5.78 Å². The number of rotatable bonds is 3. The number of ketones is 2. The van der Waals surface area contributed by atoms with E-state index in [1.165, 1.54) is 0 Å². The van der Waals surface area contributed by atoms with E-state index in [2.05, 4.69) is 0 Å². The Morgan fingerprint density at radius 1 is 1.35 bits per heavy atom. The van der Waals surface area contributed by atoms with Crippen LogP contribution in [-0.2, 0) is 11.2 Å². The Hall–Kier alpha value is -1.48. The van der Waals surface area contributed by atoms with Gasteiger partial charge in [-0.2, -0.15) is 0 Å². The molecule has 0 saturated heterocycles. The van der Waals surface area contributed by atoms with Crippen molar-refractivity contribution >= 4 is 11.6 Å². The van der Waals surface area contributed by atoms with Crippen LogP contribution in [-0.4, -0.2) is 22.3 Å². The van der Waals surface area contributed by atoms with Crippen LogP contribution in [0.2, 0.25) is 0 Å². The van der Waals surface area contributed by atoms with E-state index in [0.717, 1.165) is 18.4 Å². The Bertz CT molecular complexity index is 588. The van der Waals surface area contributed by atoms with E-state index in [0.29, 0.717) is 12.0 Å². The van der Waals surface area contributed by atoms with Gasteiger partial charge < -0.3 is 5.11 Å². The Kier molecular flexibility index (Phi) is 2.87. The van der Waals surface area contributed by atoms with Gasteiger partial charge >= 0.3 is 0 Å². The molecule has 106 valence electrons. The number of aliphatic hydroxyl groups is 1. The molecule has 1 aromatic rings. The summed E-state index contributed by atoms with van der Waals surface area (Å²) in [6.45, 7) is 3.55. The van der Waals surface area contributed by atoms with E-state index < -0.39 is 11.0 Å². The molecule has 1 fully saturated rings. The summed E-state index contributed by atoms with van der Waals surface area (Å²) >= 11 is 0. The van der Waals surface area contributed by atoms with Crippen molar-refractivity contribution in [3.05, 3.63) is 35.4 Å². The molecule has 1 saturated carbocycles. The zero-order valence-electron chi connectivity index (χ0n) is 12.0. The van der Waals surface area contributed by atoms with Crippen molar-refractivity contribution in [1.82, 2.24) is 0 Å². The summed E-state index contributed by atoms with van der Waals surface area (Å²) in [5, 5.41) is 11.0. The fourth-order valence-electron chi connectivity index (χ4n) is 3.53. The van der Waals surface area contributed by atoms with Gasteiger partial charge in [0.25, 0.3) is 0 Å². The minimum absolute atomic E-state index is 0.0381. The van der Waals surface area contributed by atoms with Crippen LogP contribution in [0.5, 0.6) is 0 Å².